The van der Waals surface area contributed by atoms with Gasteiger partial charge in [0.15, 0.2) is 0 Å². The molecule has 0 unspecified atom stereocenters. The second-order valence-corrected chi connectivity index (χ2v) is 0.342. The maximum Gasteiger partial charge on any atom is 2.00 e. The summed E-state index contributed by atoms with van der Waals surface area (Å²) in [7, 11) is 0. The van der Waals surface area contributed by atoms with Crippen LogP contribution in [-0.2, 0) is 17.1 Å². The summed E-state index contributed by atoms with van der Waals surface area (Å²) < 4.78 is 0. The van der Waals surface area contributed by atoms with Crippen LogP contribution in [0.5, 0.6) is 0 Å². The molecule has 0 N–H and O–H groups in total. The second-order valence-electron chi connectivity index (χ2n) is 0.342. The van der Waals surface area contributed by atoms with Gasteiger partial charge in [0, 0.05) is 0 Å². The van der Waals surface area contributed by atoms with Crippen LogP contribution in [0.25, 0.3) is 5.41 Å². The van der Waals surface area contributed by atoms with Crippen molar-refractivity contribution in [1.29, 1.82) is 0 Å². The van der Waals surface area contributed by atoms with E-state index in [1.165, 1.54) is 0 Å². The van der Waals surface area contributed by atoms with Gasteiger partial charge in [-0.1, -0.05) is 0 Å². The largest absolute Gasteiger partial charge is 2.00 e. The Kier molecular flexibility index (Phi) is 16.1. The van der Waals surface area contributed by atoms with E-state index in [0.29, 0.717) is 0 Å². The monoisotopic (exact) mass is 116 g/mol. The molecule has 0 atom stereocenters. The Balaban J connectivity index is 0. The van der Waals surface area contributed by atoms with E-state index in [1.807, 2.05) is 0 Å². The number of allylic oxidation sites excluding steroid dienone is 1. The molecule has 2 heteroatoms. The van der Waals surface area contributed by atoms with Crippen LogP contribution < -0.4 is 0 Å². The van der Waals surface area contributed by atoms with Gasteiger partial charge in [-0.25, -0.2) is 0 Å². The molecule has 0 saturated carbocycles. The first kappa shape index (κ1) is 8.87. The smallest absolute Gasteiger partial charge is 0.911 e. The molecule has 0 aromatic heterocycles. The summed E-state index contributed by atoms with van der Waals surface area (Å²) in [6, 6.07) is 0. The summed E-state index contributed by atoms with van der Waals surface area (Å²) in [6.07, 6.45) is 1.83. The van der Waals surface area contributed by atoms with Gasteiger partial charge in [0.1, 0.15) is 0 Å². The van der Waals surface area contributed by atoms with Crippen molar-refractivity contribution in [3.63, 3.8) is 0 Å². The summed E-state index contributed by atoms with van der Waals surface area (Å²) in [5, 5.41) is 7.57. The van der Waals surface area contributed by atoms with Crippen molar-refractivity contribution in [1.82, 2.24) is 0 Å². The fraction of sp³-hybridized carbons (Fsp3) is 0. The van der Waals surface area contributed by atoms with E-state index < -0.39 is 0 Å². The number of hydrogen-bond acceptors (Lipinski definition) is 0. The SMILES string of the molecule is [CH-]=CC=[N-].[Cu+2]. The molecule has 0 amide bonds. The maximum absolute atomic E-state index is 7.57. The van der Waals surface area contributed by atoms with Crippen LogP contribution in [0.4, 0.5) is 0 Å². The van der Waals surface area contributed by atoms with Gasteiger partial charge in [-0.15, -0.1) is 0 Å². The van der Waals surface area contributed by atoms with Crippen molar-refractivity contribution in [3.05, 3.63) is 18.1 Å². The van der Waals surface area contributed by atoms with Crippen LogP contribution in [0.3, 0.4) is 0 Å². The summed E-state index contributed by atoms with van der Waals surface area (Å²) in [5.74, 6) is 0. The fourth-order valence-electron chi connectivity index (χ4n) is 0. The van der Waals surface area contributed by atoms with Crippen molar-refractivity contribution in [2.75, 3.05) is 0 Å². The third-order valence-electron chi connectivity index (χ3n) is 0.0861. The van der Waals surface area contributed by atoms with E-state index in [2.05, 4.69) is 6.58 Å². The minimum atomic E-state index is 0. The molecule has 0 fully saturated rings. The summed E-state index contributed by atoms with van der Waals surface area (Å²) in [4.78, 5) is 0. The molecule has 31 valence electrons. The molecule has 0 aromatic carbocycles. The van der Waals surface area contributed by atoms with Crippen molar-refractivity contribution in [3.8, 4) is 0 Å². The quantitative estimate of drug-likeness (QED) is 0.272. The number of nitrogens with zero attached hydrogens (tertiary/aromatic N) is 1. The Morgan fingerprint density at radius 1 is 1.60 bits per heavy atom. The zero-order chi connectivity index (χ0) is 3.41. The van der Waals surface area contributed by atoms with Crippen LogP contribution in [0, 0.1) is 6.58 Å². The third-order valence-corrected chi connectivity index (χ3v) is 0.0861. The topological polar surface area (TPSA) is 22.3 Å². The minimum Gasteiger partial charge on any atom is -0.911 e. The molecule has 0 aliphatic carbocycles. The van der Waals surface area contributed by atoms with Crippen LogP contribution >= 0.6 is 0 Å². The van der Waals surface area contributed by atoms with Crippen molar-refractivity contribution in [2.24, 2.45) is 0 Å². The van der Waals surface area contributed by atoms with Crippen molar-refractivity contribution >= 4 is 6.21 Å². The van der Waals surface area contributed by atoms with Crippen LogP contribution in [0.15, 0.2) is 6.08 Å². The van der Waals surface area contributed by atoms with Crippen molar-refractivity contribution < 1.29 is 17.1 Å². The Labute approximate surface area is 42.1 Å². The molecule has 5 heavy (non-hydrogen) atoms. The minimum absolute atomic E-state index is 0. The van der Waals surface area contributed by atoms with E-state index in [0.717, 1.165) is 12.3 Å². The van der Waals surface area contributed by atoms with Crippen LogP contribution in [0.2, 0.25) is 0 Å². The normalized spacial score (nSPS) is 4.00. The number of rotatable bonds is 1. The molecule has 1 radical (unpaired) electrons. The molecular formula is C3H3CuN. The fourth-order valence-corrected chi connectivity index (χ4v) is 0. The zero-order valence-electron chi connectivity index (χ0n) is 2.48. The molecule has 0 bridgehead atoms. The Hall–Kier alpha value is -0.0705. The predicted molar refractivity (Wildman–Crippen MR) is 18.3 cm³/mol. The molecule has 0 aliphatic rings. The number of hydrogen-bond donors (Lipinski definition) is 0. The zero-order valence-corrected chi connectivity index (χ0v) is 3.42. The van der Waals surface area contributed by atoms with E-state index in [9.17, 15) is 0 Å². The Morgan fingerprint density at radius 2 is 1.80 bits per heavy atom. The average Bonchev–Trinajstić information content (AvgIpc) is 1.37. The summed E-state index contributed by atoms with van der Waals surface area (Å²) >= 11 is 0. The van der Waals surface area contributed by atoms with Gasteiger partial charge in [0.25, 0.3) is 0 Å². The van der Waals surface area contributed by atoms with E-state index in [1.54, 1.807) is 0 Å². The molecule has 0 rings (SSSR count). The van der Waals surface area contributed by atoms with Gasteiger partial charge in [-0.05, 0) is 0 Å². The Morgan fingerprint density at radius 3 is 1.80 bits per heavy atom. The predicted octanol–water partition coefficient (Wildman–Crippen LogP) is 0.613. The van der Waals surface area contributed by atoms with E-state index in [4.69, 9.17) is 5.41 Å². The summed E-state index contributed by atoms with van der Waals surface area (Å²) in [6.45, 7) is 4.60. The standard InChI is InChI=1S/C3H3N.Cu/c1-2-3-4;/h1-3H;/q-2;+2. The van der Waals surface area contributed by atoms with Gasteiger partial charge in [-0.2, -0.15) is 0 Å². The van der Waals surface area contributed by atoms with Gasteiger partial charge in [-0.3, -0.25) is 12.7 Å². The van der Waals surface area contributed by atoms with Crippen LogP contribution in [0.1, 0.15) is 0 Å². The molecule has 0 aliphatic heterocycles. The van der Waals surface area contributed by atoms with Crippen LogP contribution in [-0.4, -0.2) is 6.21 Å². The van der Waals surface area contributed by atoms with Gasteiger partial charge >= 0.3 is 17.1 Å². The van der Waals surface area contributed by atoms with E-state index >= 15 is 0 Å². The third kappa shape index (κ3) is 16.9. The molecule has 1 nitrogen and oxygen atoms in total. The summed E-state index contributed by atoms with van der Waals surface area (Å²) in [5.41, 5.74) is 0. The van der Waals surface area contributed by atoms with Gasteiger partial charge in [0.2, 0.25) is 0 Å². The molecule has 0 aromatic rings. The first-order valence-corrected chi connectivity index (χ1v) is 0.925. The molecule has 0 heterocycles. The van der Waals surface area contributed by atoms with Crippen molar-refractivity contribution in [2.45, 2.75) is 0 Å². The second kappa shape index (κ2) is 9.06. The maximum atomic E-state index is 7.57. The first-order chi connectivity index (χ1) is 1.91. The molecule has 0 saturated heterocycles. The Bertz CT molecular complexity index is 27.9. The average molecular weight is 117 g/mol. The first-order valence-electron chi connectivity index (χ1n) is 0.925. The molecular weight excluding hydrogens is 114 g/mol. The van der Waals surface area contributed by atoms with Gasteiger partial charge in [0.05, 0.1) is 0 Å². The van der Waals surface area contributed by atoms with Gasteiger partial charge < -0.3 is 11.6 Å². The van der Waals surface area contributed by atoms with E-state index in [-0.39, 0.29) is 17.1 Å². The molecule has 0 spiro atoms.